The molecule has 1 saturated carbocycles. The lowest BCUT2D eigenvalue weighted by Crippen LogP contribution is -2.26. The van der Waals surface area contributed by atoms with Gasteiger partial charge in [0.2, 0.25) is 0 Å². The molecule has 1 unspecified atom stereocenters. The maximum atomic E-state index is 13.0. The van der Waals surface area contributed by atoms with Crippen LogP contribution in [0.4, 0.5) is 0 Å². The number of ketones is 1. The van der Waals surface area contributed by atoms with E-state index in [2.05, 4.69) is 18.0 Å². The molecule has 1 N–H and O–H groups in total. The monoisotopic (exact) mass is 421 g/mol. The average Bonchev–Trinajstić information content (AvgIpc) is 3.04. The minimum absolute atomic E-state index is 0.106. The summed E-state index contributed by atoms with van der Waals surface area (Å²) in [6, 6.07) is 5.10. The lowest BCUT2D eigenvalue weighted by atomic mass is 9.85. The third-order valence-corrected chi connectivity index (χ3v) is 6.99. The second-order valence-corrected chi connectivity index (χ2v) is 8.92. The van der Waals surface area contributed by atoms with E-state index in [9.17, 15) is 9.90 Å². The lowest BCUT2D eigenvalue weighted by Gasteiger charge is -2.30. The van der Waals surface area contributed by atoms with Crippen LogP contribution in [0.1, 0.15) is 49.4 Å². The van der Waals surface area contributed by atoms with Crippen LogP contribution in [0.5, 0.6) is 5.75 Å². The van der Waals surface area contributed by atoms with E-state index in [1.165, 1.54) is 24.2 Å². The number of aliphatic hydroxyl groups is 1. The minimum atomic E-state index is -0.106. The number of thioether (sulfide) groups is 1. The third kappa shape index (κ3) is 4.94. The normalized spacial score (nSPS) is 19.5. The van der Waals surface area contributed by atoms with Gasteiger partial charge in [0.1, 0.15) is 5.75 Å². The van der Waals surface area contributed by atoms with Crippen LogP contribution in [-0.4, -0.2) is 36.1 Å². The van der Waals surface area contributed by atoms with Crippen LogP contribution in [0.25, 0.3) is 0 Å². The molecular formula is C22H28ClNO3S. The predicted octanol–water partition coefficient (Wildman–Crippen LogP) is 5.47. The van der Waals surface area contributed by atoms with Gasteiger partial charge in [-0.05, 0) is 55.7 Å². The molecule has 0 saturated heterocycles. The second kappa shape index (κ2) is 9.86. The molecule has 1 heterocycles. The first kappa shape index (κ1) is 21.3. The van der Waals surface area contributed by atoms with Crippen LogP contribution in [-0.2, 0) is 0 Å². The molecule has 4 nitrogen and oxygen atoms in total. The maximum Gasteiger partial charge on any atom is 0.192 e. The number of ether oxygens (including phenoxy) is 1. The summed E-state index contributed by atoms with van der Waals surface area (Å²) in [5, 5.41) is 10.8. The highest BCUT2D eigenvalue weighted by atomic mass is 35.5. The van der Waals surface area contributed by atoms with Crippen LogP contribution < -0.4 is 4.74 Å². The summed E-state index contributed by atoms with van der Waals surface area (Å²) in [4.78, 5) is 16.5. The smallest absolute Gasteiger partial charge is 0.192 e. The molecule has 1 aliphatic carbocycles. The molecule has 0 aromatic heterocycles. The summed E-state index contributed by atoms with van der Waals surface area (Å²) >= 11 is 7.75. The Bertz CT molecular complexity index is 773. The highest BCUT2D eigenvalue weighted by Crippen LogP contribution is 2.44. The molecule has 6 heteroatoms. The summed E-state index contributed by atoms with van der Waals surface area (Å²) in [5.41, 5.74) is 0.475. The number of methoxy groups -OCH3 is 1. The van der Waals surface area contributed by atoms with E-state index in [1.807, 2.05) is 0 Å². The van der Waals surface area contributed by atoms with Crippen molar-refractivity contribution in [2.45, 2.75) is 39.0 Å². The molecule has 28 heavy (non-hydrogen) atoms. The Morgan fingerprint density at radius 2 is 2.25 bits per heavy atom. The Morgan fingerprint density at radius 1 is 1.46 bits per heavy atom. The Hall–Kier alpha value is -1.43. The van der Waals surface area contributed by atoms with Crippen molar-refractivity contribution in [2.75, 3.05) is 20.3 Å². The first-order valence-electron chi connectivity index (χ1n) is 9.92. The van der Waals surface area contributed by atoms with Crippen LogP contribution in [0, 0.1) is 11.8 Å². The van der Waals surface area contributed by atoms with Gasteiger partial charge < -0.3 is 14.7 Å². The van der Waals surface area contributed by atoms with Crippen LogP contribution >= 0.6 is 23.4 Å². The van der Waals surface area contributed by atoms with Gasteiger partial charge in [-0.3, -0.25) is 4.79 Å². The number of allylic oxidation sites excluding steroid dienone is 2. The number of benzene rings is 1. The molecule has 1 aromatic carbocycles. The number of nitrogens with zero attached hydrogens (tertiary/aromatic N) is 1. The summed E-state index contributed by atoms with van der Waals surface area (Å²) in [5.74, 6) is 1.43. The van der Waals surface area contributed by atoms with Gasteiger partial charge in [0.15, 0.2) is 5.78 Å². The fourth-order valence-electron chi connectivity index (χ4n) is 3.59. The zero-order valence-corrected chi connectivity index (χ0v) is 18.1. The van der Waals surface area contributed by atoms with E-state index in [4.69, 9.17) is 16.3 Å². The first-order valence-corrected chi connectivity index (χ1v) is 11.1. The number of rotatable bonds is 9. The average molecular weight is 422 g/mol. The number of carbonyl (C=O) groups excluding carboxylic acids is 1. The van der Waals surface area contributed by atoms with E-state index in [1.54, 1.807) is 43.1 Å². The van der Waals surface area contributed by atoms with Gasteiger partial charge in [0.05, 0.1) is 17.7 Å². The molecule has 1 atom stereocenters. The number of aliphatic hydroxyl groups excluding tert-OH is 1. The summed E-state index contributed by atoms with van der Waals surface area (Å²) in [6.07, 6.45) is 9.40. The zero-order chi connectivity index (χ0) is 20.1. The molecule has 0 bridgehead atoms. The fourth-order valence-corrected chi connectivity index (χ4v) is 5.04. The van der Waals surface area contributed by atoms with Crippen molar-refractivity contribution >= 4 is 29.1 Å². The molecule has 0 spiro atoms. The Kier molecular flexibility index (Phi) is 7.49. The van der Waals surface area contributed by atoms with E-state index in [0.717, 1.165) is 24.4 Å². The van der Waals surface area contributed by atoms with Gasteiger partial charge >= 0.3 is 0 Å². The molecule has 0 amide bonds. The summed E-state index contributed by atoms with van der Waals surface area (Å²) in [7, 11) is 1.56. The van der Waals surface area contributed by atoms with Crippen molar-refractivity contribution in [3.63, 3.8) is 0 Å². The number of hydrogen-bond donors (Lipinski definition) is 1. The maximum absolute atomic E-state index is 13.0. The van der Waals surface area contributed by atoms with Crippen LogP contribution in [0.15, 0.2) is 40.4 Å². The van der Waals surface area contributed by atoms with Crippen molar-refractivity contribution in [1.82, 2.24) is 4.90 Å². The quantitative estimate of drug-likeness (QED) is 0.423. The van der Waals surface area contributed by atoms with Gasteiger partial charge in [-0.1, -0.05) is 36.7 Å². The lowest BCUT2D eigenvalue weighted by molar-refractivity contribution is 0.104. The van der Waals surface area contributed by atoms with E-state index >= 15 is 0 Å². The van der Waals surface area contributed by atoms with Gasteiger partial charge in [0, 0.05) is 35.4 Å². The fraction of sp³-hybridized carbons (Fsp3) is 0.500. The Morgan fingerprint density at radius 3 is 2.86 bits per heavy atom. The van der Waals surface area contributed by atoms with Crippen molar-refractivity contribution in [2.24, 2.45) is 11.8 Å². The van der Waals surface area contributed by atoms with Crippen LogP contribution in [0.3, 0.4) is 0 Å². The molecule has 2 aliphatic rings. The predicted molar refractivity (Wildman–Crippen MR) is 116 cm³/mol. The SMILES string of the molecule is CCC(CCO)C1=CN(CC2CCC2)/C(=C/C(=O)c2cc(Cl)ccc2OC)S1. The number of halogens is 1. The van der Waals surface area contributed by atoms with E-state index in [0.29, 0.717) is 28.2 Å². The van der Waals surface area contributed by atoms with Crippen molar-refractivity contribution in [3.8, 4) is 5.75 Å². The highest BCUT2D eigenvalue weighted by molar-refractivity contribution is 8.06. The molecule has 152 valence electrons. The third-order valence-electron chi connectivity index (χ3n) is 5.52. The number of carbonyl (C=O) groups is 1. The Labute approximate surface area is 176 Å². The van der Waals surface area contributed by atoms with E-state index in [-0.39, 0.29) is 12.4 Å². The molecule has 0 radical (unpaired) electrons. The second-order valence-electron chi connectivity index (χ2n) is 7.39. The number of hydrogen-bond acceptors (Lipinski definition) is 5. The zero-order valence-electron chi connectivity index (χ0n) is 16.5. The molecule has 1 fully saturated rings. The minimum Gasteiger partial charge on any atom is -0.496 e. The first-order chi connectivity index (χ1) is 13.5. The largest absolute Gasteiger partial charge is 0.496 e. The molecule has 1 aromatic rings. The van der Waals surface area contributed by atoms with Gasteiger partial charge in [-0.2, -0.15) is 0 Å². The van der Waals surface area contributed by atoms with E-state index < -0.39 is 0 Å². The Balaban J connectivity index is 1.85. The van der Waals surface area contributed by atoms with Gasteiger partial charge in [-0.15, -0.1) is 0 Å². The van der Waals surface area contributed by atoms with Gasteiger partial charge in [0.25, 0.3) is 0 Å². The van der Waals surface area contributed by atoms with Gasteiger partial charge in [-0.25, -0.2) is 0 Å². The molecule has 1 aliphatic heterocycles. The highest BCUT2D eigenvalue weighted by Gasteiger charge is 2.29. The molecule has 3 rings (SSSR count). The van der Waals surface area contributed by atoms with Crippen molar-refractivity contribution in [3.05, 3.63) is 51.0 Å². The van der Waals surface area contributed by atoms with Crippen molar-refractivity contribution < 1.29 is 14.6 Å². The molecular weight excluding hydrogens is 394 g/mol. The summed E-state index contributed by atoms with van der Waals surface area (Å²) < 4.78 is 5.34. The topological polar surface area (TPSA) is 49.8 Å². The standard InChI is InChI=1S/C22H28ClNO3S/c1-3-16(9-10-25)21-14-24(13-15-5-4-6-15)22(28-21)12-19(26)18-11-17(23)7-8-20(18)27-2/h7-8,11-12,14-16,25H,3-6,9-10,13H2,1-2H3/b22-12-. The summed E-state index contributed by atoms with van der Waals surface area (Å²) in [6.45, 7) is 3.26. The van der Waals surface area contributed by atoms with Crippen molar-refractivity contribution in [1.29, 1.82) is 0 Å². The van der Waals surface area contributed by atoms with Crippen LogP contribution in [0.2, 0.25) is 5.02 Å².